The molecule has 1 atom stereocenters. The van der Waals surface area contributed by atoms with Gasteiger partial charge in [-0.15, -0.1) is 13.2 Å². The Balaban J connectivity index is 2.61. The fraction of sp³-hybridized carbons (Fsp3) is 0.300. The third-order valence-corrected chi connectivity index (χ3v) is 2.23. The first kappa shape index (κ1) is 14.9. The highest BCUT2D eigenvalue weighted by Gasteiger charge is 2.32. The topological polar surface area (TPSA) is 55.8 Å². The Hall–Kier alpha value is -1.12. The molecule has 0 fully saturated rings. The van der Waals surface area contributed by atoms with Crippen LogP contribution in [-0.4, -0.2) is 23.7 Å². The van der Waals surface area contributed by atoms with E-state index in [1.807, 2.05) is 0 Å². The van der Waals surface area contributed by atoms with Crippen molar-refractivity contribution >= 4 is 22.2 Å². The first-order valence-corrected chi connectivity index (χ1v) is 5.31. The molecule has 4 nitrogen and oxygen atoms in total. The summed E-state index contributed by atoms with van der Waals surface area (Å²) in [7, 11) is 0. The van der Waals surface area contributed by atoms with Crippen LogP contribution in [0, 0.1) is 0 Å². The second-order valence-electron chi connectivity index (χ2n) is 3.28. The Bertz CT molecular complexity index is 405. The van der Waals surface area contributed by atoms with Gasteiger partial charge in [-0.25, -0.2) is 4.79 Å². The van der Waals surface area contributed by atoms with E-state index in [0.717, 1.165) is 0 Å². The number of benzene rings is 1. The molecule has 0 bridgehead atoms. The van der Waals surface area contributed by atoms with Crippen LogP contribution >= 0.6 is 16.3 Å². The smallest absolute Gasteiger partial charge is 0.380 e. The second kappa shape index (κ2) is 6.17. The van der Waals surface area contributed by atoms with E-state index in [2.05, 4.69) is 24.8 Å². The maximum absolute atomic E-state index is 11.8. The van der Waals surface area contributed by atoms with E-state index >= 15 is 0 Å². The number of rotatable bonds is 4. The molecular weight excluding hydrogens is 321 g/mol. The lowest BCUT2D eigenvalue weighted by molar-refractivity contribution is -0.371. The van der Waals surface area contributed by atoms with Gasteiger partial charge in [0.05, 0.1) is 5.56 Å². The largest absolute Gasteiger partial charge is 0.524 e. The summed E-state index contributed by atoms with van der Waals surface area (Å²) in [5.74, 6) is -0.631. The van der Waals surface area contributed by atoms with Crippen molar-refractivity contribution in [3.63, 3.8) is 0 Å². The fourth-order valence-corrected chi connectivity index (χ4v) is 1.41. The molecule has 0 saturated heterocycles. The fourth-order valence-electron chi connectivity index (χ4n) is 1.22. The number of alkyl halides is 3. The number of carbonyl (C=O) groups excluding carboxylic acids is 1. The van der Waals surface area contributed by atoms with Crippen molar-refractivity contribution in [2.45, 2.75) is 19.1 Å². The predicted octanol–water partition coefficient (Wildman–Crippen LogP) is 2.55. The van der Waals surface area contributed by atoms with E-state index < -0.39 is 18.6 Å². The number of hydrogen-bond acceptors (Lipinski definition) is 4. The van der Waals surface area contributed by atoms with Gasteiger partial charge < -0.3 is 8.93 Å². The lowest BCUT2D eigenvalue weighted by Crippen LogP contribution is -2.25. The summed E-state index contributed by atoms with van der Waals surface area (Å²) < 4.78 is 43.0. The van der Waals surface area contributed by atoms with E-state index in [-0.39, 0.29) is 12.0 Å². The predicted molar refractivity (Wildman–Crippen MR) is 57.6 cm³/mol. The number of aliphatic hydroxyl groups excluding tert-OH is 1. The highest BCUT2D eigenvalue weighted by molar-refractivity contribution is 9.06. The first-order valence-electron chi connectivity index (χ1n) is 4.66. The van der Waals surface area contributed by atoms with Crippen LogP contribution in [0.2, 0.25) is 0 Å². The zero-order chi connectivity index (χ0) is 13.8. The minimum Gasteiger partial charge on any atom is -0.380 e. The summed E-state index contributed by atoms with van der Waals surface area (Å²) in [5.41, 5.74) is 0.611. The van der Waals surface area contributed by atoms with Crippen molar-refractivity contribution in [2.75, 3.05) is 0 Å². The van der Waals surface area contributed by atoms with Crippen molar-refractivity contribution in [1.82, 2.24) is 0 Å². The van der Waals surface area contributed by atoms with Crippen LogP contribution in [-0.2, 0) is 15.0 Å². The highest BCUT2D eigenvalue weighted by Crippen LogP contribution is 2.19. The molecule has 0 aliphatic rings. The van der Waals surface area contributed by atoms with Crippen LogP contribution in [0.3, 0.4) is 0 Å². The zero-order valence-electron chi connectivity index (χ0n) is 8.78. The third kappa shape index (κ3) is 5.03. The normalized spacial score (nSPS) is 13.2. The molecule has 18 heavy (non-hydrogen) atoms. The maximum atomic E-state index is 11.8. The minimum atomic E-state index is -4.89. The van der Waals surface area contributed by atoms with Gasteiger partial charge in [0.2, 0.25) is 0 Å². The molecule has 0 aromatic heterocycles. The highest BCUT2D eigenvalue weighted by atomic mass is 79.9. The van der Waals surface area contributed by atoms with Crippen LogP contribution < -0.4 is 0 Å². The van der Waals surface area contributed by atoms with Gasteiger partial charge >= 0.3 is 12.3 Å². The summed E-state index contributed by atoms with van der Waals surface area (Å²) in [6, 6.07) is 5.50. The monoisotopic (exact) mass is 328 g/mol. The maximum Gasteiger partial charge on any atom is 0.524 e. The molecule has 0 spiro atoms. The average Bonchev–Trinajstić information content (AvgIpc) is 2.26. The van der Waals surface area contributed by atoms with Crippen molar-refractivity contribution in [2.24, 2.45) is 0 Å². The quantitative estimate of drug-likeness (QED) is 0.863. The third-order valence-electron chi connectivity index (χ3n) is 1.94. The molecule has 0 radical (unpaired) electrons. The van der Waals surface area contributed by atoms with Crippen LogP contribution in [0.5, 0.6) is 0 Å². The molecule has 1 aromatic rings. The van der Waals surface area contributed by atoms with Crippen molar-refractivity contribution in [3.05, 3.63) is 35.4 Å². The summed E-state index contributed by atoms with van der Waals surface area (Å²) in [5, 5.41) is 9.02. The molecule has 1 rings (SSSR count). The number of aliphatic hydroxyl groups is 1. The van der Waals surface area contributed by atoms with Crippen molar-refractivity contribution in [3.8, 4) is 0 Å². The second-order valence-corrected chi connectivity index (χ2v) is 3.61. The number of halogens is 4. The average molecular weight is 329 g/mol. The standard InChI is InChI=1S/C10H8BrF3O4/c11-18-9(16)7-3-1-6(2-4-7)5-8(15)17-10(12,13)14/h1-4,8,15H,5H2. The Morgan fingerprint density at radius 1 is 1.33 bits per heavy atom. The Morgan fingerprint density at radius 2 is 1.89 bits per heavy atom. The molecule has 0 aliphatic carbocycles. The Kier molecular flexibility index (Phi) is 5.12. The van der Waals surface area contributed by atoms with Crippen molar-refractivity contribution < 1.29 is 31.6 Å². The molecule has 1 N–H and O–H groups in total. The molecule has 1 unspecified atom stereocenters. The van der Waals surface area contributed by atoms with Crippen molar-refractivity contribution in [1.29, 1.82) is 0 Å². The van der Waals surface area contributed by atoms with Gasteiger partial charge in [0.15, 0.2) is 22.5 Å². The van der Waals surface area contributed by atoms with Gasteiger partial charge in [0, 0.05) is 6.42 Å². The van der Waals surface area contributed by atoms with Gasteiger partial charge in [-0.3, -0.25) is 4.74 Å². The van der Waals surface area contributed by atoms with E-state index in [9.17, 15) is 18.0 Å². The SMILES string of the molecule is O=C(OBr)c1ccc(CC(O)OC(F)(F)F)cc1. The van der Waals surface area contributed by atoms with E-state index in [1.54, 1.807) is 0 Å². The van der Waals surface area contributed by atoms with Gasteiger partial charge in [0.25, 0.3) is 0 Å². The molecule has 0 amide bonds. The molecule has 0 heterocycles. The van der Waals surface area contributed by atoms with Gasteiger partial charge in [-0.2, -0.15) is 0 Å². The summed E-state index contributed by atoms with van der Waals surface area (Å²) in [6.07, 6.45) is -7.22. The lowest BCUT2D eigenvalue weighted by atomic mass is 10.1. The molecule has 0 aliphatic heterocycles. The first-order chi connectivity index (χ1) is 8.31. The summed E-state index contributed by atoms with van der Waals surface area (Å²) >= 11 is 2.51. The summed E-state index contributed by atoms with van der Waals surface area (Å²) in [6.45, 7) is 0. The minimum absolute atomic E-state index is 0.224. The lowest BCUT2D eigenvalue weighted by Gasteiger charge is -2.13. The Morgan fingerprint density at radius 3 is 2.33 bits per heavy atom. The van der Waals surface area contributed by atoms with Crippen LogP contribution in [0.1, 0.15) is 15.9 Å². The Labute approximate surface area is 109 Å². The summed E-state index contributed by atoms with van der Waals surface area (Å²) in [4.78, 5) is 11.0. The van der Waals surface area contributed by atoms with Gasteiger partial charge in [-0.05, 0) is 17.7 Å². The van der Waals surface area contributed by atoms with Crippen LogP contribution in [0.15, 0.2) is 24.3 Å². The molecular formula is C10H8BrF3O4. The van der Waals surface area contributed by atoms with E-state index in [1.165, 1.54) is 24.3 Å². The molecule has 100 valence electrons. The molecule has 0 saturated carbocycles. The van der Waals surface area contributed by atoms with Crippen LogP contribution in [0.4, 0.5) is 13.2 Å². The van der Waals surface area contributed by atoms with E-state index in [4.69, 9.17) is 5.11 Å². The number of carbonyl (C=O) groups is 1. The van der Waals surface area contributed by atoms with E-state index in [0.29, 0.717) is 5.56 Å². The zero-order valence-corrected chi connectivity index (χ0v) is 10.4. The van der Waals surface area contributed by atoms with Gasteiger partial charge in [-0.1, -0.05) is 12.1 Å². The van der Waals surface area contributed by atoms with Gasteiger partial charge in [0.1, 0.15) is 0 Å². The molecule has 8 heteroatoms. The molecule has 1 aromatic carbocycles. The van der Waals surface area contributed by atoms with Crippen LogP contribution in [0.25, 0.3) is 0 Å². The number of hydrogen-bond donors (Lipinski definition) is 1. The number of ether oxygens (including phenoxy) is 1.